The zero-order chi connectivity index (χ0) is 25.0. The molecule has 1 unspecified atom stereocenters. The number of benzene rings is 1. The Morgan fingerprint density at radius 1 is 1.32 bits per heavy atom. The number of ether oxygens (including phenoxy) is 1. The fourth-order valence-corrected chi connectivity index (χ4v) is 4.20. The van der Waals surface area contributed by atoms with Crippen LogP contribution < -0.4 is 20.9 Å². The number of carbonyl (C=O) groups excluding carboxylic acids is 3. The largest absolute Gasteiger partial charge is 0.471 e. The highest BCUT2D eigenvalue weighted by atomic mass is 35.5. The number of alkyl halides is 3. The highest BCUT2D eigenvalue weighted by Crippen LogP contribution is 2.33. The molecule has 1 aromatic carbocycles. The molecule has 0 spiro atoms. The average molecular weight is 521 g/mol. The SMILES string of the molecule is Nc1cc(N2CC(CNC(=O)c3ccc(Cl)s3)OC2=O)ccc1N(CCCO)C(=O)C(F)(F)F. The Morgan fingerprint density at radius 2 is 2.06 bits per heavy atom. The Morgan fingerprint density at radius 3 is 2.65 bits per heavy atom. The zero-order valence-electron chi connectivity index (χ0n) is 17.5. The van der Waals surface area contributed by atoms with Crippen molar-refractivity contribution in [3.05, 3.63) is 39.5 Å². The highest BCUT2D eigenvalue weighted by Gasteiger charge is 2.43. The molecule has 14 heteroatoms. The maximum atomic E-state index is 13.0. The number of hydrogen-bond donors (Lipinski definition) is 3. The van der Waals surface area contributed by atoms with E-state index in [-0.39, 0.29) is 42.5 Å². The van der Waals surface area contributed by atoms with Crippen molar-refractivity contribution in [1.82, 2.24) is 5.32 Å². The van der Waals surface area contributed by atoms with Crippen molar-refractivity contribution < 1.29 is 37.4 Å². The summed E-state index contributed by atoms with van der Waals surface area (Å²) in [6.07, 6.45) is -6.63. The Balaban J connectivity index is 1.70. The van der Waals surface area contributed by atoms with Crippen LogP contribution in [0, 0.1) is 0 Å². The maximum absolute atomic E-state index is 13.0. The molecule has 1 aromatic heterocycles. The number of aliphatic hydroxyl groups is 1. The topological polar surface area (TPSA) is 125 Å². The van der Waals surface area contributed by atoms with Crippen molar-refractivity contribution in [3.8, 4) is 0 Å². The van der Waals surface area contributed by atoms with Crippen LogP contribution in [0.4, 0.5) is 35.0 Å². The number of thiophene rings is 1. The van der Waals surface area contributed by atoms with Crippen molar-refractivity contribution in [2.45, 2.75) is 18.7 Å². The van der Waals surface area contributed by atoms with E-state index in [0.717, 1.165) is 11.3 Å². The monoisotopic (exact) mass is 520 g/mol. The lowest BCUT2D eigenvalue weighted by molar-refractivity contribution is -0.170. The summed E-state index contributed by atoms with van der Waals surface area (Å²) < 4.78 is 44.7. The predicted octanol–water partition coefficient (Wildman–Crippen LogP) is 3.02. The van der Waals surface area contributed by atoms with Crippen LogP contribution in [0.25, 0.3) is 0 Å². The number of anilines is 3. The van der Waals surface area contributed by atoms with E-state index < -0.39 is 37.4 Å². The summed E-state index contributed by atoms with van der Waals surface area (Å²) in [6, 6.07) is 6.92. The van der Waals surface area contributed by atoms with E-state index in [9.17, 15) is 27.6 Å². The molecular formula is C20H20ClF3N4O5S. The quantitative estimate of drug-likeness (QED) is 0.459. The number of hydrogen-bond acceptors (Lipinski definition) is 7. The number of nitrogen functional groups attached to an aromatic ring is 1. The number of cyclic esters (lactones) is 1. The summed E-state index contributed by atoms with van der Waals surface area (Å²) in [5, 5.41) is 11.6. The van der Waals surface area contributed by atoms with Crippen molar-refractivity contribution in [1.29, 1.82) is 0 Å². The number of halogens is 4. The Labute approximate surface area is 200 Å². The maximum Gasteiger partial charge on any atom is 0.471 e. The summed E-state index contributed by atoms with van der Waals surface area (Å²) >= 11 is 6.91. The summed E-state index contributed by atoms with van der Waals surface area (Å²) in [5.41, 5.74) is 5.78. The van der Waals surface area contributed by atoms with E-state index in [4.69, 9.17) is 27.2 Å². The first-order chi connectivity index (χ1) is 16.0. The number of nitrogens with zero attached hydrogens (tertiary/aromatic N) is 2. The smallest absolute Gasteiger partial charge is 0.442 e. The van der Waals surface area contributed by atoms with Gasteiger partial charge in [-0.1, -0.05) is 11.6 Å². The molecule has 4 N–H and O–H groups in total. The number of nitrogens with two attached hydrogens (primary N) is 1. The standard InChI is InChI=1S/C20H20ClF3N4O5S/c21-16-5-4-15(34-16)17(30)26-9-12-10-28(19(32)33-12)11-2-3-14(13(25)8-11)27(6-1-7-29)18(31)20(22,23)24/h2-5,8,12,29H,1,6-7,9-10,25H2,(H,26,30). The number of carbonyl (C=O) groups is 3. The third kappa shape index (κ3) is 5.90. The van der Waals surface area contributed by atoms with Crippen LogP contribution in [0.3, 0.4) is 0 Å². The molecule has 0 aliphatic carbocycles. The average Bonchev–Trinajstić information content (AvgIpc) is 3.37. The molecule has 2 heterocycles. The molecule has 3 rings (SSSR count). The van der Waals surface area contributed by atoms with Crippen LogP contribution in [-0.4, -0.2) is 61.5 Å². The van der Waals surface area contributed by atoms with E-state index in [1.807, 2.05) is 0 Å². The van der Waals surface area contributed by atoms with Crippen LogP contribution >= 0.6 is 22.9 Å². The Bertz CT molecular complexity index is 1080. The van der Waals surface area contributed by atoms with Gasteiger partial charge < -0.3 is 25.8 Å². The number of nitrogens with one attached hydrogen (secondary N) is 1. The molecule has 184 valence electrons. The molecule has 1 aliphatic rings. The summed E-state index contributed by atoms with van der Waals surface area (Å²) in [7, 11) is 0. The number of aliphatic hydroxyl groups excluding tert-OH is 1. The van der Waals surface area contributed by atoms with Crippen molar-refractivity contribution in [2.24, 2.45) is 0 Å². The van der Waals surface area contributed by atoms with Crippen molar-refractivity contribution in [2.75, 3.05) is 41.8 Å². The second-order valence-corrected chi connectivity index (χ2v) is 8.92. The van der Waals surface area contributed by atoms with Gasteiger partial charge in [-0.15, -0.1) is 11.3 Å². The Kier molecular flexibility index (Phi) is 7.89. The third-order valence-corrected chi connectivity index (χ3v) is 6.03. The molecule has 1 atom stereocenters. The van der Waals surface area contributed by atoms with Gasteiger partial charge in [0.2, 0.25) is 0 Å². The molecule has 9 nitrogen and oxygen atoms in total. The summed E-state index contributed by atoms with van der Waals surface area (Å²) in [5.74, 6) is -2.50. The molecular weight excluding hydrogens is 501 g/mol. The zero-order valence-corrected chi connectivity index (χ0v) is 19.0. The minimum absolute atomic E-state index is 0.0270. The molecule has 1 fully saturated rings. The molecule has 0 radical (unpaired) electrons. The first-order valence-electron chi connectivity index (χ1n) is 9.92. The third-order valence-electron chi connectivity index (χ3n) is 4.80. The fraction of sp³-hybridized carbons (Fsp3) is 0.350. The van der Waals surface area contributed by atoms with Gasteiger partial charge in [-0.3, -0.25) is 14.5 Å². The van der Waals surface area contributed by atoms with Crippen molar-refractivity contribution in [3.63, 3.8) is 0 Å². The normalized spacial score (nSPS) is 15.9. The van der Waals surface area contributed by atoms with Gasteiger partial charge in [0.15, 0.2) is 0 Å². The van der Waals surface area contributed by atoms with Gasteiger partial charge in [-0.2, -0.15) is 13.2 Å². The van der Waals surface area contributed by atoms with E-state index >= 15 is 0 Å². The van der Waals surface area contributed by atoms with E-state index in [1.54, 1.807) is 12.1 Å². The van der Waals surface area contributed by atoms with Gasteiger partial charge in [0.05, 0.1) is 33.7 Å². The second kappa shape index (κ2) is 10.5. The second-order valence-electron chi connectivity index (χ2n) is 7.20. The van der Waals surface area contributed by atoms with Crippen LogP contribution in [0.15, 0.2) is 30.3 Å². The molecule has 0 saturated carbocycles. The molecule has 3 amide bonds. The lowest BCUT2D eigenvalue weighted by Crippen LogP contribution is -2.42. The van der Waals surface area contributed by atoms with E-state index in [1.165, 1.54) is 23.1 Å². The van der Waals surface area contributed by atoms with Crippen molar-refractivity contribution >= 4 is 57.9 Å². The van der Waals surface area contributed by atoms with Gasteiger partial charge in [0.25, 0.3) is 5.91 Å². The predicted molar refractivity (Wildman–Crippen MR) is 120 cm³/mol. The Hall–Kier alpha value is -3.03. The van der Waals surface area contributed by atoms with Gasteiger partial charge >= 0.3 is 18.2 Å². The molecule has 1 aliphatic heterocycles. The van der Waals surface area contributed by atoms with Crippen LogP contribution in [0.2, 0.25) is 4.34 Å². The molecule has 34 heavy (non-hydrogen) atoms. The minimum Gasteiger partial charge on any atom is -0.442 e. The van der Waals surface area contributed by atoms with E-state index in [0.29, 0.717) is 14.1 Å². The summed E-state index contributed by atoms with van der Waals surface area (Å²) in [6.45, 7) is -0.740. The van der Waals surface area contributed by atoms with Crippen LogP contribution in [0.5, 0.6) is 0 Å². The first kappa shape index (κ1) is 25.6. The highest BCUT2D eigenvalue weighted by molar-refractivity contribution is 7.18. The van der Waals surface area contributed by atoms with Gasteiger partial charge in [0.1, 0.15) is 6.10 Å². The van der Waals surface area contributed by atoms with Gasteiger partial charge in [0, 0.05) is 18.8 Å². The number of rotatable bonds is 8. The van der Waals surface area contributed by atoms with Gasteiger partial charge in [-0.25, -0.2) is 4.79 Å². The van der Waals surface area contributed by atoms with Crippen LogP contribution in [-0.2, 0) is 9.53 Å². The van der Waals surface area contributed by atoms with Crippen LogP contribution in [0.1, 0.15) is 16.1 Å². The minimum atomic E-state index is -5.13. The van der Waals surface area contributed by atoms with Gasteiger partial charge in [-0.05, 0) is 36.8 Å². The lowest BCUT2D eigenvalue weighted by atomic mass is 10.2. The molecule has 2 aromatic rings. The summed E-state index contributed by atoms with van der Waals surface area (Å²) in [4.78, 5) is 38.3. The lowest BCUT2D eigenvalue weighted by Gasteiger charge is -2.26. The molecule has 0 bridgehead atoms. The fourth-order valence-electron chi connectivity index (χ4n) is 3.24. The number of amides is 3. The molecule has 1 saturated heterocycles. The first-order valence-corrected chi connectivity index (χ1v) is 11.1. The van der Waals surface area contributed by atoms with E-state index in [2.05, 4.69) is 5.32 Å².